The summed E-state index contributed by atoms with van der Waals surface area (Å²) in [6.07, 6.45) is 3.03. The summed E-state index contributed by atoms with van der Waals surface area (Å²) in [6, 6.07) is 3.05. The lowest BCUT2D eigenvalue weighted by Crippen LogP contribution is -2.47. The second kappa shape index (κ2) is 13.2. The molecule has 0 bridgehead atoms. The first-order valence-electron chi connectivity index (χ1n) is 10.5. The monoisotopic (exact) mass is 489 g/mol. The number of thiophene rings is 1. The van der Waals surface area contributed by atoms with E-state index in [1.54, 1.807) is 20.8 Å². The first-order valence-corrected chi connectivity index (χ1v) is 11.5. The summed E-state index contributed by atoms with van der Waals surface area (Å²) in [6.45, 7) is 14.0. The van der Waals surface area contributed by atoms with Crippen LogP contribution in [0.25, 0.3) is 0 Å². The molecule has 0 saturated carbocycles. The fraction of sp³-hybridized carbons (Fsp3) is 0.435. The number of likely N-dealkylation sites (tertiary alicyclic amines) is 1. The van der Waals surface area contributed by atoms with Gasteiger partial charge in [0, 0.05) is 31.3 Å². The number of nitro groups is 1. The molecule has 0 radical (unpaired) electrons. The number of nitrogens with one attached hydrogen (secondary N) is 1. The molecule has 2 heterocycles. The number of ether oxygens (including phenoxy) is 1. The van der Waals surface area contributed by atoms with Crippen LogP contribution in [0.1, 0.15) is 39.2 Å². The topological polar surface area (TPSA) is 152 Å². The number of hydrogen-bond donors (Lipinski definition) is 2. The van der Waals surface area contributed by atoms with Crippen molar-refractivity contribution in [2.75, 3.05) is 13.1 Å². The SMILES string of the molecule is C=C(/C(C#N)=C\C(=C)[N+](=O)[O-])N1CCCC1.CC(C)(C)OC(=O)N[C@@H](Cc1ccsc1)C(N)=O. The van der Waals surface area contributed by atoms with Crippen LogP contribution >= 0.6 is 11.3 Å². The molecule has 1 aliphatic heterocycles. The van der Waals surface area contributed by atoms with E-state index in [1.807, 2.05) is 27.8 Å². The Labute approximate surface area is 203 Å². The number of hydrogen-bond acceptors (Lipinski definition) is 8. The molecule has 34 heavy (non-hydrogen) atoms. The molecule has 0 spiro atoms. The minimum Gasteiger partial charge on any atom is -0.444 e. The summed E-state index contributed by atoms with van der Waals surface area (Å²) in [5, 5.41) is 25.6. The highest BCUT2D eigenvalue weighted by Gasteiger charge is 2.23. The van der Waals surface area contributed by atoms with Crippen LogP contribution in [0, 0.1) is 21.4 Å². The molecule has 2 amide bonds. The first-order chi connectivity index (χ1) is 15.8. The van der Waals surface area contributed by atoms with Gasteiger partial charge in [-0.15, -0.1) is 0 Å². The number of carbonyl (C=O) groups excluding carboxylic acids is 2. The van der Waals surface area contributed by atoms with Gasteiger partial charge < -0.3 is 20.7 Å². The number of primary amides is 1. The van der Waals surface area contributed by atoms with Gasteiger partial charge in [-0.2, -0.15) is 16.6 Å². The van der Waals surface area contributed by atoms with Gasteiger partial charge in [-0.3, -0.25) is 14.9 Å². The van der Waals surface area contributed by atoms with Crippen molar-refractivity contribution in [1.82, 2.24) is 10.2 Å². The maximum Gasteiger partial charge on any atom is 0.408 e. The lowest BCUT2D eigenvalue weighted by molar-refractivity contribution is -0.418. The van der Waals surface area contributed by atoms with Gasteiger partial charge in [0.2, 0.25) is 5.91 Å². The van der Waals surface area contributed by atoms with Crippen molar-refractivity contribution >= 4 is 23.3 Å². The standard InChI is InChI=1S/C12H18N2O3S.C11H13N3O2/c1-12(2,3)17-11(16)14-9(10(13)15)6-8-4-5-18-7-8;1-9(14(15)16)7-11(8-12)10(2)13-5-3-4-6-13/h4-5,7,9H,6H2,1-3H3,(H2,13,15)(H,14,16);7H,1-6H2/b;11-7-/t9-;/m0./s1. The highest BCUT2D eigenvalue weighted by molar-refractivity contribution is 7.07. The van der Waals surface area contributed by atoms with E-state index in [-0.39, 0.29) is 11.3 Å². The first kappa shape index (κ1) is 28.4. The Kier molecular flexibility index (Phi) is 11.0. The molecule has 10 nitrogen and oxygen atoms in total. The van der Waals surface area contributed by atoms with E-state index in [9.17, 15) is 19.7 Å². The van der Waals surface area contributed by atoms with Gasteiger partial charge >= 0.3 is 6.09 Å². The molecule has 1 saturated heterocycles. The Morgan fingerprint density at radius 2 is 2.03 bits per heavy atom. The Hall–Kier alpha value is -3.65. The third kappa shape index (κ3) is 10.3. The fourth-order valence-electron chi connectivity index (χ4n) is 2.87. The molecule has 1 fully saturated rings. The lowest BCUT2D eigenvalue weighted by atomic mass is 10.1. The van der Waals surface area contributed by atoms with Crippen molar-refractivity contribution < 1.29 is 19.2 Å². The van der Waals surface area contributed by atoms with E-state index in [0.29, 0.717) is 12.1 Å². The number of nitrogens with zero attached hydrogens (tertiary/aromatic N) is 3. The molecule has 2 rings (SSSR count). The lowest BCUT2D eigenvalue weighted by Gasteiger charge is -2.22. The zero-order valence-corrected chi connectivity index (χ0v) is 20.5. The molecule has 184 valence electrons. The number of amides is 2. The van der Waals surface area contributed by atoms with Crippen molar-refractivity contribution in [3.05, 3.63) is 68.7 Å². The van der Waals surface area contributed by atoms with Gasteiger partial charge in [-0.05, 0) is 62.6 Å². The average molecular weight is 490 g/mol. The van der Waals surface area contributed by atoms with Crippen LogP contribution in [0.3, 0.4) is 0 Å². The minimum atomic E-state index is -0.755. The van der Waals surface area contributed by atoms with Crippen LogP contribution in [0.15, 0.2) is 53.0 Å². The highest BCUT2D eigenvalue weighted by Crippen LogP contribution is 2.20. The van der Waals surface area contributed by atoms with Crippen LogP contribution in [-0.2, 0) is 16.0 Å². The third-order valence-electron chi connectivity index (χ3n) is 4.52. The van der Waals surface area contributed by atoms with E-state index in [4.69, 9.17) is 15.7 Å². The molecular formula is C23H31N5O5S. The summed E-state index contributed by atoms with van der Waals surface area (Å²) in [5.74, 6) is -0.577. The smallest absolute Gasteiger partial charge is 0.408 e. The van der Waals surface area contributed by atoms with E-state index in [0.717, 1.165) is 31.5 Å². The van der Waals surface area contributed by atoms with E-state index in [2.05, 4.69) is 18.5 Å². The van der Waals surface area contributed by atoms with E-state index in [1.165, 1.54) is 17.4 Å². The molecule has 0 unspecified atom stereocenters. The third-order valence-corrected chi connectivity index (χ3v) is 5.25. The van der Waals surface area contributed by atoms with Crippen molar-refractivity contribution in [1.29, 1.82) is 5.26 Å². The summed E-state index contributed by atoms with van der Waals surface area (Å²) in [7, 11) is 0. The highest BCUT2D eigenvalue weighted by atomic mass is 32.1. The maximum atomic E-state index is 11.6. The largest absolute Gasteiger partial charge is 0.444 e. The predicted octanol–water partition coefficient (Wildman–Crippen LogP) is 3.51. The molecular weight excluding hydrogens is 458 g/mol. The second-order valence-corrected chi connectivity index (χ2v) is 9.28. The Morgan fingerprint density at radius 3 is 2.47 bits per heavy atom. The second-order valence-electron chi connectivity index (χ2n) is 8.50. The van der Waals surface area contributed by atoms with Crippen LogP contribution < -0.4 is 11.1 Å². The van der Waals surface area contributed by atoms with Gasteiger partial charge in [0.15, 0.2) is 0 Å². The molecule has 11 heteroatoms. The van der Waals surface area contributed by atoms with E-state index >= 15 is 0 Å². The zero-order valence-electron chi connectivity index (χ0n) is 19.7. The van der Waals surface area contributed by atoms with Crippen LogP contribution in [0.2, 0.25) is 0 Å². The summed E-state index contributed by atoms with van der Waals surface area (Å²) < 4.78 is 5.08. The Bertz CT molecular complexity index is 967. The van der Waals surface area contributed by atoms with Crippen molar-refractivity contribution in [2.45, 2.75) is 51.7 Å². The van der Waals surface area contributed by atoms with E-state index < -0.39 is 28.6 Å². The molecule has 3 N–H and O–H groups in total. The number of carbonyl (C=O) groups is 2. The van der Waals surface area contributed by atoms with Crippen LogP contribution in [0.4, 0.5) is 4.79 Å². The maximum absolute atomic E-state index is 11.6. The number of nitrogens with two attached hydrogens (primary N) is 1. The minimum absolute atomic E-state index is 0.212. The Morgan fingerprint density at radius 1 is 1.41 bits per heavy atom. The molecule has 0 aliphatic carbocycles. The zero-order chi connectivity index (χ0) is 25.9. The van der Waals surface area contributed by atoms with Gasteiger partial charge in [-0.25, -0.2) is 4.79 Å². The quantitative estimate of drug-likeness (QED) is 0.245. The van der Waals surface area contributed by atoms with Crippen LogP contribution in [0.5, 0.6) is 0 Å². The number of allylic oxidation sites excluding steroid dienone is 2. The predicted molar refractivity (Wildman–Crippen MR) is 130 cm³/mol. The normalized spacial score (nSPS) is 14.2. The number of nitriles is 1. The van der Waals surface area contributed by atoms with Crippen LogP contribution in [-0.4, -0.2) is 46.6 Å². The fourth-order valence-corrected chi connectivity index (χ4v) is 3.56. The number of rotatable bonds is 8. The van der Waals surface area contributed by atoms with Crippen molar-refractivity contribution in [3.63, 3.8) is 0 Å². The number of alkyl carbamates (subject to hydrolysis) is 1. The molecule has 0 aromatic carbocycles. The van der Waals surface area contributed by atoms with Crippen molar-refractivity contribution in [3.8, 4) is 6.07 Å². The molecule has 1 atom stereocenters. The molecule has 1 aromatic heterocycles. The summed E-state index contributed by atoms with van der Waals surface area (Å²) >= 11 is 1.53. The van der Waals surface area contributed by atoms with Gasteiger partial charge in [0.25, 0.3) is 5.70 Å². The van der Waals surface area contributed by atoms with Gasteiger partial charge in [0.1, 0.15) is 17.7 Å². The summed E-state index contributed by atoms with van der Waals surface area (Å²) in [4.78, 5) is 34.6. The summed E-state index contributed by atoms with van der Waals surface area (Å²) in [5.41, 5.74) is 6.08. The molecule has 1 aliphatic rings. The molecule has 1 aromatic rings. The Balaban J connectivity index is 0.000000342. The average Bonchev–Trinajstić information content (AvgIpc) is 3.44. The van der Waals surface area contributed by atoms with Gasteiger partial charge in [-0.1, -0.05) is 6.58 Å². The van der Waals surface area contributed by atoms with Crippen molar-refractivity contribution in [2.24, 2.45) is 5.73 Å². The van der Waals surface area contributed by atoms with Gasteiger partial charge in [0.05, 0.1) is 10.5 Å².